The Morgan fingerprint density at radius 1 is 1.31 bits per heavy atom. The topological polar surface area (TPSA) is 9.23 Å². The average Bonchev–Trinajstić information content (AvgIpc) is 2.04. The smallest absolute Gasteiger partial charge is 0.326 e. The van der Waals surface area contributed by atoms with E-state index in [1.807, 2.05) is 0 Å². The zero-order chi connectivity index (χ0) is 9.84. The van der Waals surface area contributed by atoms with Crippen LogP contribution in [0.3, 0.4) is 0 Å². The van der Waals surface area contributed by atoms with Crippen LogP contribution in [0.4, 0.5) is 13.2 Å². The summed E-state index contributed by atoms with van der Waals surface area (Å²) in [6.07, 6.45) is 0. The maximum Gasteiger partial charge on any atom is 0.326 e. The summed E-state index contributed by atoms with van der Waals surface area (Å²) in [5.41, 5.74) is 0. The number of ether oxygens (including phenoxy) is 1. The van der Waals surface area contributed by atoms with Crippen molar-refractivity contribution < 1.29 is 17.9 Å². The molecule has 0 saturated carbocycles. The highest BCUT2D eigenvalue weighted by Gasteiger charge is 2.05. The van der Waals surface area contributed by atoms with E-state index < -0.39 is 17.1 Å². The van der Waals surface area contributed by atoms with Crippen molar-refractivity contribution in [1.29, 1.82) is 0 Å². The average molecular weight is 209 g/mol. The van der Waals surface area contributed by atoms with E-state index >= 15 is 0 Å². The van der Waals surface area contributed by atoms with E-state index in [-0.39, 0.29) is 5.75 Å². The van der Waals surface area contributed by atoms with Crippen molar-refractivity contribution in [2.45, 2.75) is 0 Å². The van der Waals surface area contributed by atoms with Crippen LogP contribution < -0.4 is 4.74 Å². The third-order valence-corrected chi connectivity index (χ3v) is 1.30. The lowest BCUT2D eigenvalue weighted by atomic mass is 10.3. The Morgan fingerprint density at radius 3 is 2.54 bits per heavy atom. The maximum absolute atomic E-state index is 12.5. The molecule has 0 N–H and O–H groups in total. The highest BCUT2D eigenvalue weighted by atomic mass is 35.5. The minimum Gasteiger partial charge on any atom is -0.429 e. The number of benzene rings is 1. The third kappa shape index (κ3) is 2.99. The molecule has 70 valence electrons. The monoisotopic (exact) mass is 208 g/mol. The minimum absolute atomic E-state index is 0.159. The molecule has 0 unspecified atom stereocenters. The molecule has 0 bridgehead atoms. The Balaban J connectivity index is 2.81. The van der Waals surface area contributed by atoms with Gasteiger partial charge in [-0.3, -0.25) is 0 Å². The van der Waals surface area contributed by atoms with Crippen molar-refractivity contribution in [2.75, 3.05) is 0 Å². The van der Waals surface area contributed by atoms with Gasteiger partial charge in [0.1, 0.15) is 11.6 Å². The number of hydrogen-bond donors (Lipinski definition) is 0. The van der Waals surface area contributed by atoms with Gasteiger partial charge in [0.2, 0.25) is 0 Å². The molecule has 0 saturated heterocycles. The van der Waals surface area contributed by atoms with Gasteiger partial charge in [-0.15, -0.1) is 0 Å². The van der Waals surface area contributed by atoms with E-state index in [0.29, 0.717) is 0 Å². The summed E-state index contributed by atoms with van der Waals surface area (Å²) in [6, 6.07) is 3.02. The molecule has 1 aromatic carbocycles. The van der Waals surface area contributed by atoms with Gasteiger partial charge >= 0.3 is 6.01 Å². The van der Waals surface area contributed by atoms with Crippen molar-refractivity contribution in [2.24, 2.45) is 0 Å². The largest absolute Gasteiger partial charge is 0.429 e. The minimum atomic E-state index is -1.61. The lowest BCUT2D eigenvalue weighted by Gasteiger charge is -2.01. The summed E-state index contributed by atoms with van der Waals surface area (Å²) in [5.74, 6) is -0.770. The van der Waals surface area contributed by atoms with E-state index in [1.165, 1.54) is 12.1 Å². The fourth-order valence-electron chi connectivity index (χ4n) is 0.673. The SMILES string of the molecule is F/C(Cl)=C(/F)Oc1cccc(F)c1. The van der Waals surface area contributed by atoms with Gasteiger partial charge in [0.05, 0.1) is 0 Å². The Hall–Kier alpha value is -1.16. The summed E-state index contributed by atoms with van der Waals surface area (Å²) in [7, 11) is 0. The molecule has 0 aliphatic carbocycles. The van der Waals surface area contributed by atoms with Gasteiger partial charge in [-0.05, 0) is 23.7 Å². The number of hydrogen-bond acceptors (Lipinski definition) is 1. The standard InChI is InChI=1S/C8H4ClF3O/c9-7(11)8(12)13-6-3-1-2-5(10)4-6/h1-4H/b8-7-. The second-order valence-electron chi connectivity index (χ2n) is 2.09. The van der Waals surface area contributed by atoms with Gasteiger partial charge in [0.15, 0.2) is 0 Å². The quantitative estimate of drug-likeness (QED) is 0.676. The Bertz CT molecular complexity index is 334. The molecule has 0 atom stereocenters. The lowest BCUT2D eigenvalue weighted by Crippen LogP contribution is -1.90. The predicted molar refractivity (Wildman–Crippen MR) is 42.1 cm³/mol. The van der Waals surface area contributed by atoms with Gasteiger partial charge in [0.25, 0.3) is 5.29 Å². The highest BCUT2D eigenvalue weighted by Crippen LogP contribution is 2.19. The first kappa shape index (κ1) is 9.92. The molecule has 0 heterocycles. The molecule has 1 rings (SSSR count). The van der Waals surface area contributed by atoms with Crippen LogP contribution in [0.1, 0.15) is 0 Å². The molecule has 13 heavy (non-hydrogen) atoms. The van der Waals surface area contributed by atoms with Gasteiger partial charge in [0, 0.05) is 6.07 Å². The molecular formula is C8H4ClF3O. The molecule has 0 spiro atoms. The molecule has 0 aliphatic rings. The van der Waals surface area contributed by atoms with E-state index in [9.17, 15) is 13.2 Å². The Labute approximate surface area is 77.4 Å². The zero-order valence-corrected chi connectivity index (χ0v) is 6.99. The van der Waals surface area contributed by atoms with Crippen LogP contribution in [0.2, 0.25) is 0 Å². The Morgan fingerprint density at radius 2 is 2.00 bits per heavy atom. The number of halogens is 4. The van der Waals surface area contributed by atoms with Crippen LogP contribution in [0, 0.1) is 5.82 Å². The zero-order valence-electron chi connectivity index (χ0n) is 6.23. The fraction of sp³-hybridized carbons (Fsp3) is 0. The molecule has 0 fully saturated rings. The normalized spacial score (nSPS) is 12.3. The molecule has 1 nitrogen and oxygen atoms in total. The molecular weight excluding hydrogens is 205 g/mol. The van der Waals surface area contributed by atoms with Crippen LogP contribution in [-0.2, 0) is 0 Å². The van der Waals surface area contributed by atoms with Gasteiger partial charge in [-0.2, -0.15) is 8.78 Å². The van der Waals surface area contributed by atoms with Gasteiger partial charge in [-0.25, -0.2) is 4.39 Å². The second kappa shape index (κ2) is 4.18. The van der Waals surface area contributed by atoms with Crippen molar-refractivity contribution in [3.63, 3.8) is 0 Å². The van der Waals surface area contributed by atoms with Crippen LogP contribution >= 0.6 is 11.6 Å². The maximum atomic E-state index is 12.5. The van der Waals surface area contributed by atoms with E-state index in [1.54, 1.807) is 0 Å². The summed E-state index contributed by atoms with van der Waals surface area (Å²) < 4.78 is 41.0. The third-order valence-electron chi connectivity index (χ3n) is 1.15. The molecule has 0 radical (unpaired) electrons. The van der Waals surface area contributed by atoms with Crippen LogP contribution in [-0.4, -0.2) is 0 Å². The summed E-state index contributed by atoms with van der Waals surface area (Å²) in [4.78, 5) is 0. The molecule has 0 amide bonds. The lowest BCUT2D eigenvalue weighted by molar-refractivity contribution is 0.284. The van der Waals surface area contributed by atoms with Crippen molar-refractivity contribution >= 4 is 11.6 Å². The highest BCUT2D eigenvalue weighted by molar-refractivity contribution is 6.28. The first-order chi connectivity index (χ1) is 6.09. The molecule has 0 aromatic heterocycles. The van der Waals surface area contributed by atoms with Crippen molar-refractivity contribution in [3.05, 3.63) is 41.4 Å². The van der Waals surface area contributed by atoms with E-state index in [4.69, 9.17) is 0 Å². The van der Waals surface area contributed by atoms with Crippen LogP contribution in [0.5, 0.6) is 5.75 Å². The van der Waals surface area contributed by atoms with E-state index in [2.05, 4.69) is 16.3 Å². The Kier molecular flexibility index (Phi) is 3.19. The van der Waals surface area contributed by atoms with E-state index in [0.717, 1.165) is 12.1 Å². The van der Waals surface area contributed by atoms with Crippen molar-refractivity contribution in [3.8, 4) is 5.75 Å². The van der Waals surface area contributed by atoms with Crippen LogP contribution in [0.25, 0.3) is 0 Å². The summed E-state index contributed by atoms with van der Waals surface area (Å²) in [5, 5.41) is -1.61. The first-order valence-corrected chi connectivity index (χ1v) is 3.61. The summed E-state index contributed by atoms with van der Waals surface area (Å²) >= 11 is 4.64. The number of rotatable bonds is 2. The van der Waals surface area contributed by atoms with Crippen LogP contribution in [0.15, 0.2) is 35.6 Å². The van der Waals surface area contributed by atoms with Crippen molar-refractivity contribution in [1.82, 2.24) is 0 Å². The molecule has 0 aliphatic heterocycles. The van der Waals surface area contributed by atoms with Gasteiger partial charge in [-0.1, -0.05) is 6.07 Å². The summed E-state index contributed by atoms with van der Waals surface area (Å²) in [6.45, 7) is 0. The molecule has 1 aromatic rings. The molecule has 5 heteroatoms. The first-order valence-electron chi connectivity index (χ1n) is 3.24. The second-order valence-corrected chi connectivity index (χ2v) is 2.43. The fourth-order valence-corrected chi connectivity index (χ4v) is 0.711. The predicted octanol–water partition coefficient (Wildman–Crippen LogP) is 3.51. The van der Waals surface area contributed by atoms with Gasteiger partial charge < -0.3 is 4.74 Å².